The van der Waals surface area contributed by atoms with Gasteiger partial charge >= 0.3 is 5.97 Å². The van der Waals surface area contributed by atoms with Gasteiger partial charge in [-0.15, -0.1) is 11.3 Å². The zero-order chi connectivity index (χ0) is 14.5. The van der Waals surface area contributed by atoms with Crippen molar-refractivity contribution >= 4 is 28.9 Å². The molecule has 5 heteroatoms. The standard InChI is InChI=1S/C15H16ClNO2S/c1-10(11-2-4-12(16)5-3-11)17-9-14-7-6-13(20-14)8-15(18)19/h2-7,10,17H,8-9H2,1H3,(H,18,19)/t10-/m0/s1. The van der Waals surface area contributed by atoms with Crippen LogP contribution in [-0.2, 0) is 17.8 Å². The molecule has 0 aliphatic carbocycles. The molecule has 1 aromatic carbocycles. The Morgan fingerprint density at radius 1 is 1.25 bits per heavy atom. The Bertz CT molecular complexity index is 580. The summed E-state index contributed by atoms with van der Waals surface area (Å²) >= 11 is 7.40. The first-order valence-corrected chi connectivity index (χ1v) is 7.52. The van der Waals surface area contributed by atoms with Gasteiger partial charge in [0.05, 0.1) is 6.42 Å². The van der Waals surface area contributed by atoms with E-state index in [9.17, 15) is 4.79 Å². The first-order valence-electron chi connectivity index (χ1n) is 6.33. The van der Waals surface area contributed by atoms with Gasteiger partial charge in [-0.25, -0.2) is 0 Å². The van der Waals surface area contributed by atoms with Crippen LogP contribution in [0.1, 0.15) is 28.3 Å². The largest absolute Gasteiger partial charge is 0.481 e. The Labute approximate surface area is 127 Å². The number of carboxylic acids is 1. The fraction of sp³-hybridized carbons (Fsp3) is 0.267. The molecule has 3 nitrogen and oxygen atoms in total. The van der Waals surface area contributed by atoms with Gasteiger partial charge < -0.3 is 10.4 Å². The van der Waals surface area contributed by atoms with Crippen LogP contribution in [0.3, 0.4) is 0 Å². The van der Waals surface area contributed by atoms with Gasteiger partial charge in [-0.3, -0.25) is 4.79 Å². The third-order valence-electron chi connectivity index (χ3n) is 3.00. The van der Waals surface area contributed by atoms with Crippen LogP contribution in [0.15, 0.2) is 36.4 Å². The number of carbonyl (C=O) groups is 1. The second kappa shape index (κ2) is 6.88. The van der Waals surface area contributed by atoms with E-state index >= 15 is 0 Å². The lowest BCUT2D eigenvalue weighted by atomic mass is 10.1. The molecule has 0 unspecified atom stereocenters. The number of hydrogen-bond acceptors (Lipinski definition) is 3. The summed E-state index contributed by atoms with van der Waals surface area (Å²) in [4.78, 5) is 12.7. The average Bonchev–Trinajstić information content (AvgIpc) is 2.83. The lowest BCUT2D eigenvalue weighted by Crippen LogP contribution is -2.17. The van der Waals surface area contributed by atoms with Crippen LogP contribution >= 0.6 is 22.9 Å². The number of benzene rings is 1. The maximum absolute atomic E-state index is 10.6. The molecule has 1 atom stereocenters. The molecule has 0 saturated carbocycles. The minimum absolute atomic E-state index is 0.0946. The molecule has 0 radical (unpaired) electrons. The fourth-order valence-electron chi connectivity index (χ4n) is 1.88. The Hall–Kier alpha value is -1.36. The van der Waals surface area contributed by atoms with E-state index in [1.165, 1.54) is 16.9 Å². The summed E-state index contributed by atoms with van der Waals surface area (Å²) in [6.07, 6.45) is 0.0946. The van der Waals surface area contributed by atoms with Crippen molar-refractivity contribution in [2.24, 2.45) is 0 Å². The molecule has 2 N–H and O–H groups in total. The SMILES string of the molecule is C[C@H](NCc1ccc(CC(=O)O)s1)c1ccc(Cl)cc1. The maximum Gasteiger partial charge on any atom is 0.308 e. The number of rotatable bonds is 6. The summed E-state index contributed by atoms with van der Waals surface area (Å²) in [5.41, 5.74) is 1.18. The molecule has 0 aliphatic heterocycles. The first-order chi connectivity index (χ1) is 9.54. The van der Waals surface area contributed by atoms with Crippen molar-refractivity contribution in [1.82, 2.24) is 5.32 Å². The van der Waals surface area contributed by atoms with E-state index in [4.69, 9.17) is 16.7 Å². The molecule has 1 aromatic heterocycles. The number of halogens is 1. The number of nitrogens with one attached hydrogen (secondary N) is 1. The minimum atomic E-state index is -0.791. The van der Waals surface area contributed by atoms with Crippen LogP contribution in [0.25, 0.3) is 0 Å². The molecule has 0 bridgehead atoms. The normalized spacial score (nSPS) is 12.3. The van der Waals surface area contributed by atoms with Gasteiger partial charge in [0.1, 0.15) is 0 Å². The van der Waals surface area contributed by atoms with Crippen LogP contribution < -0.4 is 5.32 Å². The van der Waals surface area contributed by atoms with Crippen LogP contribution in [0.2, 0.25) is 5.02 Å². The number of thiophene rings is 1. The molecule has 2 rings (SSSR count). The van der Waals surface area contributed by atoms with Crippen LogP contribution in [0.4, 0.5) is 0 Å². The zero-order valence-corrected chi connectivity index (χ0v) is 12.7. The predicted molar refractivity (Wildman–Crippen MR) is 82.4 cm³/mol. The van der Waals surface area contributed by atoms with Gasteiger partial charge in [0, 0.05) is 27.4 Å². The third kappa shape index (κ3) is 4.34. The molecule has 20 heavy (non-hydrogen) atoms. The number of aliphatic carboxylic acids is 1. The van der Waals surface area contributed by atoms with Crippen molar-refractivity contribution in [1.29, 1.82) is 0 Å². The molecular weight excluding hydrogens is 294 g/mol. The van der Waals surface area contributed by atoms with E-state index in [-0.39, 0.29) is 12.5 Å². The lowest BCUT2D eigenvalue weighted by Gasteiger charge is -2.13. The smallest absolute Gasteiger partial charge is 0.308 e. The highest BCUT2D eigenvalue weighted by Crippen LogP contribution is 2.20. The molecule has 2 aromatic rings. The average molecular weight is 310 g/mol. The van der Waals surface area contributed by atoms with E-state index in [1.807, 2.05) is 36.4 Å². The first kappa shape index (κ1) is 15.0. The second-order valence-electron chi connectivity index (χ2n) is 4.59. The second-order valence-corrected chi connectivity index (χ2v) is 6.28. The fourth-order valence-corrected chi connectivity index (χ4v) is 2.97. The molecule has 0 amide bonds. The quantitative estimate of drug-likeness (QED) is 0.851. The summed E-state index contributed by atoms with van der Waals surface area (Å²) in [6, 6.07) is 11.8. The minimum Gasteiger partial charge on any atom is -0.481 e. The molecule has 0 fully saturated rings. The molecular formula is C15H16ClNO2S. The zero-order valence-electron chi connectivity index (χ0n) is 11.1. The van der Waals surface area contributed by atoms with Crippen LogP contribution in [0.5, 0.6) is 0 Å². The number of carboxylic acid groups (broad SMARTS) is 1. The van der Waals surface area contributed by atoms with E-state index in [1.54, 1.807) is 0 Å². The van der Waals surface area contributed by atoms with Gasteiger partial charge in [-0.1, -0.05) is 23.7 Å². The summed E-state index contributed by atoms with van der Waals surface area (Å²) in [7, 11) is 0. The highest BCUT2D eigenvalue weighted by atomic mass is 35.5. The van der Waals surface area contributed by atoms with Crippen molar-refractivity contribution in [2.75, 3.05) is 0 Å². The highest BCUT2D eigenvalue weighted by molar-refractivity contribution is 7.12. The summed E-state index contributed by atoms with van der Waals surface area (Å²) < 4.78 is 0. The van der Waals surface area contributed by atoms with Crippen molar-refractivity contribution in [3.8, 4) is 0 Å². The molecule has 0 saturated heterocycles. The number of hydrogen-bond donors (Lipinski definition) is 2. The van der Waals surface area contributed by atoms with Crippen molar-refractivity contribution in [2.45, 2.75) is 25.9 Å². The monoisotopic (exact) mass is 309 g/mol. The third-order valence-corrected chi connectivity index (χ3v) is 4.33. The predicted octanol–water partition coefficient (Wildman–Crippen LogP) is 3.88. The Balaban J connectivity index is 1.89. The topological polar surface area (TPSA) is 49.3 Å². The summed E-state index contributed by atoms with van der Waals surface area (Å²) in [6.45, 7) is 2.82. The van der Waals surface area contributed by atoms with E-state index < -0.39 is 5.97 Å². The van der Waals surface area contributed by atoms with Crippen LogP contribution in [0, 0.1) is 0 Å². The van der Waals surface area contributed by atoms with Gasteiger partial charge in [0.15, 0.2) is 0 Å². The molecule has 106 valence electrons. The Kier molecular flexibility index (Phi) is 5.17. The summed E-state index contributed by atoms with van der Waals surface area (Å²) in [5, 5.41) is 12.9. The van der Waals surface area contributed by atoms with Gasteiger partial charge in [-0.05, 0) is 36.8 Å². The van der Waals surface area contributed by atoms with Gasteiger partial charge in [-0.2, -0.15) is 0 Å². The van der Waals surface area contributed by atoms with Crippen molar-refractivity contribution in [3.05, 3.63) is 56.7 Å². The van der Waals surface area contributed by atoms with E-state index in [2.05, 4.69) is 12.2 Å². The van der Waals surface area contributed by atoms with E-state index in [0.717, 1.165) is 21.3 Å². The lowest BCUT2D eigenvalue weighted by molar-refractivity contribution is -0.136. The van der Waals surface area contributed by atoms with Gasteiger partial charge in [0.25, 0.3) is 0 Å². The molecule has 0 spiro atoms. The Morgan fingerprint density at radius 3 is 2.55 bits per heavy atom. The van der Waals surface area contributed by atoms with Crippen molar-refractivity contribution in [3.63, 3.8) is 0 Å². The molecule has 1 heterocycles. The highest BCUT2D eigenvalue weighted by Gasteiger charge is 2.07. The Morgan fingerprint density at radius 2 is 1.90 bits per heavy atom. The molecule has 0 aliphatic rings. The van der Waals surface area contributed by atoms with Crippen LogP contribution in [-0.4, -0.2) is 11.1 Å². The van der Waals surface area contributed by atoms with Gasteiger partial charge in [0.2, 0.25) is 0 Å². The summed E-state index contributed by atoms with van der Waals surface area (Å²) in [5.74, 6) is -0.791. The van der Waals surface area contributed by atoms with Crippen molar-refractivity contribution < 1.29 is 9.90 Å². The maximum atomic E-state index is 10.6. The van der Waals surface area contributed by atoms with E-state index in [0.29, 0.717) is 0 Å².